The fourth-order valence-corrected chi connectivity index (χ4v) is 3.84. The summed E-state index contributed by atoms with van der Waals surface area (Å²) in [5, 5.41) is 6.46. The maximum atomic E-state index is 13.7. The van der Waals surface area contributed by atoms with Crippen LogP contribution >= 0.6 is 7.28 Å². The molecule has 8 nitrogen and oxygen atoms in total. The average Bonchev–Trinajstić information content (AvgIpc) is 3.00. The first kappa shape index (κ1) is 20.8. The standard InChI is InChI=1S/C18H21F3N5O3P/c1-30(2,27,28)29-14-5-3-4-11-12(8-23-16(11)14)15-13(18(19,20)21)9-24-17(26-15)25-10-6-22-7-10/h3-5,8-10,22-23,27-28H,6-7H2,1-2H3,(H,24,25,26). The van der Waals surface area contributed by atoms with Crippen molar-refractivity contribution in [1.29, 1.82) is 0 Å². The Balaban J connectivity index is 1.83. The number of hydrogen-bond acceptors (Lipinski definition) is 7. The molecule has 12 heteroatoms. The Morgan fingerprint density at radius 1 is 1.23 bits per heavy atom. The molecule has 0 aliphatic carbocycles. The van der Waals surface area contributed by atoms with Crippen LogP contribution in [0.3, 0.4) is 0 Å². The predicted octanol–water partition coefficient (Wildman–Crippen LogP) is 2.95. The fraction of sp³-hybridized carbons (Fsp3) is 0.333. The van der Waals surface area contributed by atoms with Crippen molar-refractivity contribution >= 4 is 24.1 Å². The second-order valence-electron chi connectivity index (χ2n) is 7.79. The second kappa shape index (κ2) is 6.78. The number of aromatic nitrogens is 3. The summed E-state index contributed by atoms with van der Waals surface area (Å²) in [5.74, 6) is 0.219. The first-order valence-electron chi connectivity index (χ1n) is 9.10. The van der Waals surface area contributed by atoms with Gasteiger partial charge >= 0.3 is 169 Å². The van der Waals surface area contributed by atoms with Gasteiger partial charge in [-0.25, -0.2) is 0 Å². The van der Waals surface area contributed by atoms with Crippen LogP contribution in [0.2, 0.25) is 0 Å². The van der Waals surface area contributed by atoms with Gasteiger partial charge in [0.15, 0.2) is 0 Å². The van der Waals surface area contributed by atoms with Crippen molar-refractivity contribution in [2.45, 2.75) is 12.2 Å². The Morgan fingerprint density at radius 2 is 1.97 bits per heavy atom. The van der Waals surface area contributed by atoms with Gasteiger partial charge < -0.3 is 0 Å². The Hall–Kier alpha value is -2.46. The molecule has 0 saturated carbocycles. The molecule has 0 unspecified atom stereocenters. The molecule has 1 aromatic carbocycles. The van der Waals surface area contributed by atoms with Gasteiger partial charge in [-0.05, 0) is 0 Å². The molecule has 0 spiro atoms. The van der Waals surface area contributed by atoms with Crippen LogP contribution in [-0.4, -0.2) is 57.2 Å². The van der Waals surface area contributed by atoms with Crippen LogP contribution in [-0.2, 0) is 6.18 Å². The fourth-order valence-electron chi connectivity index (χ4n) is 3.12. The number of para-hydroxylation sites is 1. The van der Waals surface area contributed by atoms with Crippen LogP contribution in [0, 0.1) is 0 Å². The molecule has 0 amide bonds. The van der Waals surface area contributed by atoms with E-state index in [1.54, 1.807) is 12.1 Å². The number of aromatic amines is 1. The van der Waals surface area contributed by atoms with E-state index in [4.69, 9.17) is 4.52 Å². The molecule has 0 radical (unpaired) electrons. The molecule has 3 aromatic rings. The Bertz CT molecular complexity index is 1100. The zero-order valence-electron chi connectivity index (χ0n) is 16.2. The Kier molecular flexibility index (Phi) is 4.70. The summed E-state index contributed by atoms with van der Waals surface area (Å²) in [6.45, 7) is 3.70. The summed E-state index contributed by atoms with van der Waals surface area (Å²) in [6.07, 6.45) is -2.50. The van der Waals surface area contributed by atoms with Crippen LogP contribution < -0.4 is 15.2 Å². The molecule has 5 N–H and O–H groups in total. The number of nitrogens with zero attached hydrogens (tertiary/aromatic N) is 2. The third-order valence-electron chi connectivity index (χ3n) is 4.50. The summed E-state index contributed by atoms with van der Waals surface area (Å²) in [7, 11) is -4.36. The number of fused-ring (bicyclic) bond motifs is 1. The quantitative estimate of drug-likeness (QED) is 0.385. The molecule has 1 aliphatic rings. The molecule has 1 fully saturated rings. The monoisotopic (exact) mass is 443 g/mol. The maximum absolute atomic E-state index is 13.7. The van der Waals surface area contributed by atoms with E-state index >= 15 is 0 Å². The van der Waals surface area contributed by atoms with Gasteiger partial charge in [0.2, 0.25) is 0 Å². The summed E-state index contributed by atoms with van der Waals surface area (Å²) in [6, 6.07) is 4.72. The molecular weight excluding hydrogens is 422 g/mol. The van der Waals surface area contributed by atoms with E-state index in [2.05, 4.69) is 25.6 Å². The van der Waals surface area contributed by atoms with Gasteiger partial charge in [-0.2, -0.15) is 0 Å². The van der Waals surface area contributed by atoms with Gasteiger partial charge in [-0.15, -0.1) is 0 Å². The number of halogens is 3. The first-order valence-corrected chi connectivity index (χ1v) is 12.1. The van der Waals surface area contributed by atoms with E-state index < -0.39 is 19.0 Å². The second-order valence-corrected chi connectivity index (χ2v) is 11.7. The van der Waals surface area contributed by atoms with Crippen molar-refractivity contribution in [3.05, 3.63) is 36.2 Å². The molecule has 3 heterocycles. The topological polar surface area (TPSA) is 115 Å². The molecular formula is C18H21F3N5O3P. The third-order valence-corrected chi connectivity index (χ3v) is 5.23. The molecule has 30 heavy (non-hydrogen) atoms. The number of rotatable bonds is 5. The number of H-pyrrole nitrogens is 1. The SMILES string of the molecule is CP(C)(O)(O)Oc1cccc2c(-c3nc(NC4CNC4)ncc3C(F)(F)F)c[nH]c12. The molecule has 0 atom stereocenters. The van der Waals surface area contributed by atoms with Gasteiger partial charge in [0, 0.05) is 0 Å². The number of alkyl halides is 3. The van der Waals surface area contributed by atoms with Crippen molar-refractivity contribution in [3.8, 4) is 17.0 Å². The number of anilines is 1. The van der Waals surface area contributed by atoms with Gasteiger partial charge in [0.05, 0.1) is 0 Å². The summed E-state index contributed by atoms with van der Waals surface area (Å²) >= 11 is 0. The van der Waals surface area contributed by atoms with Gasteiger partial charge in [0.25, 0.3) is 0 Å². The van der Waals surface area contributed by atoms with Gasteiger partial charge in [0.1, 0.15) is 0 Å². The minimum atomic E-state index is -4.65. The van der Waals surface area contributed by atoms with Crippen molar-refractivity contribution in [1.82, 2.24) is 20.3 Å². The van der Waals surface area contributed by atoms with E-state index in [0.29, 0.717) is 24.0 Å². The van der Waals surface area contributed by atoms with Crippen molar-refractivity contribution in [2.75, 3.05) is 31.7 Å². The zero-order chi connectivity index (χ0) is 21.8. The third kappa shape index (κ3) is 4.34. The van der Waals surface area contributed by atoms with E-state index in [1.807, 2.05) is 0 Å². The van der Waals surface area contributed by atoms with Crippen molar-refractivity contribution in [3.63, 3.8) is 0 Å². The summed E-state index contributed by atoms with van der Waals surface area (Å²) in [5.41, 5.74) is -0.725. The molecule has 2 aromatic heterocycles. The minimum absolute atomic E-state index is 0.0507. The summed E-state index contributed by atoms with van der Waals surface area (Å²) < 4.78 is 46.4. The predicted molar refractivity (Wildman–Crippen MR) is 108 cm³/mol. The van der Waals surface area contributed by atoms with Gasteiger partial charge in [-0.1, -0.05) is 0 Å². The zero-order valence-corrected chi connectivity index (χ0v) is 17.1. The van der Waals surface area contributed by atoms with E-state index in [-0.39, 0.29) is 29.0 Å². The first-order chi connectivity index (χ1) is 13.9. The van der Waals surface area contributed by atoms with Crippen LogP contribution in [0.5, 0.6) is 5.75 Å². The average molecular weight is 443 g/mol. The van der Waals surface area contributed by atoms with Crippen LogP contribution in [0.15, 0.2) is 30.6 Å². The Labute approximate surface area is 169 Å². The normalized spacial score (nSPS) is 16.7. The van der Waals surface area contributed by atoms with E-state index in [1.165, 1.54) is 25.6 Å². The molecule has 1 aliphatic heterocycles. The van der Waals surface area contributed by atoms with E-state index in [0.717, 1.165) is 6.20 Å². The van der Waals surface area contributed by atoms with Crippen molar-refractivity contribution in [2.24, 2.45) is 0 Å². The number of nitrogens with one attached hydrogen (secondary N) is 3. The van der Waals surface area contributed by atoms with Crippen LogP contribution in [0.25, 0.3) is 22.2 Å². The Morgan fingerprint density at radius 3 is 2.57 bits per heavy atom. The molecule has 1 saturated heterocycles. The van der Waals surface area contributed by atoms with E-state index in [9.17, 15) is 23.0 Å². The molecule has 0 bridgehead atoms. The molecule has 4 rings (SSSR count). The number of benzene rings is 1. The van der Waals surface area contributed by atoms with Crippen LogP contribution in [0.4, 0.5) is 19.1 Å². The van der Waals surface area contributed by atoms with Gasteiger partial charge in [-0.3, -0.25) is 0 Å². The van der Waals surface area contributed by atoms with Crippen molar-refractivity contribution < 1.29 is 27.5 Å². The molecule has 162 valence electrons. The van der Waals surface area contributed by atoms with Crippen LogP contribution in [0.1, 0.15) is 5.56 Å². The summed E-state index contributed by atoms with van der Waals surface area (Å²) in [4.78, 5) is 31.0. The number of hydrogen-bond donors (Lipinski definition) is 5.